The molecule has 1 heteroatoms. The molecular weight excluding hydrogens is 200 g/mol. The Morgan fingerprint density at radius 1 is 1.13 bits per heavy atom. The molecule has 1 spiro atoms. The van der Waals surface area contributed by atoms with Gasteiger partial charge in [-0.3, -0.25) is 0 Å². The number of hydrogen-bond donors (Lipinski definition) is 0. The van der Waals surface area contributed by atoms with Gasteiger partial charge in [0.1, 0.15) is 0 Å². The van der Waals surface area contributed by atoms with Crippen LogP contribution in [-0.4, -0.2) is 0 Å². The van der Waals surface area contributed by atoms with Crippen LogP contribution in [0.1, 0.15) is 53.5 Å². The van der Waals surface area contributed by atoms with E-state index in [1.165, 1.54) is 44.9 Å². The van der Waals surface area contributed by atoms with Crippen molar-refractivity contribution >= 4 is 11.3 Å². The van der Waals surface area contributed by atoms with Crippen molar-refractivity contribution in [2.45, 2.75) is 58.8 Å². The Balaban J connectivity index is 1.99. The summed E-state index contributed by atoms with van der Waals surface area (Å²) >= 11 is 2.06. The second-order valence-electron chi connectivity index (χ2n) is 5.45. The van der Waals surface area contributed by atoms with Crippen molar-refractivity contribution in [1.82, 2.24) is 0 Å². The fraction of sp³-hybridized carbons (Fsp3) is 0.714. The van der Waals surface area contributed by atoms with Gasteiger partial charge in [0, 0.05) is 9.75 Å². The minimum absolute atomic E-state index is 0.716. The van der Waals surface area contributed by atoms with Gasteiger partial charge < -0.3 is 0 Å². The van der Waals surface area contributed by atoms with Crippen LogP contribution in [0.4, 0.5) is 0 Å². The van der Waals surface area contributed by atoms with Gasteiger partial charge in [-0.1, -0.05) is 19.8 Å². The number of fused-ring (bicyclic) bond motifs is 1. The highest BCUT2D eigenvalue weighted by atomic mass is 32.1. The number of rotatable bonds is 1. The van der Waals surface area contributed by atoms with Crippen molar-refractivity contribution < 1.29 is 0 Å². The number of thiophene rings is 1. The molecule has 1 saturated carbocycles. The highest BCUT2D eigenvalue weighted by molar-refractivity contribution is 7.12. The Labute approximate surface area is 96.7 Å². The van der Waals surface area contributed by atoms with Crippen LogP contribution >= 0.6 is 11.3 Å². The predicted molar refractivity (Wildman–Crippen MR) is 66.7 cm³/mol. The molecule has 1 aromatic rings. The van der Waals surface area contributed by atoms with Gasteiger partial charge in [0.2, 0.25) is 0 Å². The molecule has 15 heavy (non-hydrogen) atoms. The first-order chi connectivity index (χ1) is 7.24. The van der Waals surface area contributed by atoms with Gasteiger partial charge in [0.15, 0.2) is 0 Å². The smallest absolute Gasteiger partial charge is 0.00803 e. The minimum atomic E-state index is 0.716. The van der Waals surface area contributed by atoms with Crippen LogP contribution in [0.25, 0.3) is 0 Å². The first kappa shape index (κ1) is 9.89. The molecule has 0 aliphatic heterocycles. The molecule has 82 valence electrons. The number of hydrogen-bond acceptors (Lipinski definition) is 1. The minimum Gasteiger partial charge on any atom is -0.145 e. The van der Waals surface area contributed by atoms with Crippen molar-refractivity contribution in [3.63, 3.8) is 0 Å². The summed E-state index contributed by atoms with van der Waals surface area (Å²) in [5.74, 6) is 0. The van der Waals surface area contributed by atoms with Crippen LogP contribution in [0.5, 0.6) is 0 Å². The van der Waals surface area contributed by atoms with Gasteiger partial charge in [-0.15, -0.1) is 11.3 Å². The van der Waals surface area contributed by atoms with Crippen molar-refractivity contribution in [2.75, 3.05) is 0 Å². The van der Waals surface area contributed by atoms with Crippen LogP contribution in [-0.2, 0) is 19.3 Å². The van der Waals surface area contributed by atoms with E-state index in [1.54, 1.807) is 20.9 Å². The summed E-state index contributed by atoms with van der Waals surface area (Å²) in [4.78, 5) is 3.30. The van der Waals surface area contributed by atoms with Crippen LogP contribution in [0.2, 0.25) is 0 Å². The van der Waals surface area contributed by atoms with E-state index in [0.717, 1.165) is 0 Å². The molecule has 3 rings (SSSR count). The van der Waals surface area contributed by atoms with Crippen LogP contribution in [0, 0.1) is 12.3 Å². The highest BCUT2D eigenvalue weighted by Crippen LogP contribution is 2.52. The lowest BCUT2D eigenvalue weighted by molar-refractivity contribution is 0.317. The average molecular weight is 220 g/mol. The molecule has 0 radical (unpaired) electrons. The Kier molecular flexibility index (Phi) is 2.21. The topological polar surface area (TPSA) is 0 Å². The molecule has 0 saturated heterocycles. The lowest BCUT2D eigenvalue weighted by atomic mass is 9.83. The molecule has 2 aliphatic rings. The van der Waals surface area contributed by atoms with E-state index in [-0.39, 0.29) is 0 Å². The fourth-order valence-electron chi connectivity index (χ4n) is 3.70. The molecule has 2 aliphatic carbocycles. The van der Waals surface area contributed by atoms with Crippen molar-refractivity contribution in [3.8, 4) is 0 Å². The van der Waals surface area contributed by atoms with E-state index in [1.807, 2.05) is 0 Å². The molecule has 0 atom stereocenters. The highest BCUT2D eigenvalue weighted by Gasteiger charge is 2.41. The SMILES string of the molecule is CCc1sc(C)c2c1CC1(CCCC1)C2. The molecule has 0 N–H and O–H groups in total. The predicted octanol–water partition coefficient (Wildman–Crippen LogP) is 4.28. The Morgan fingerprint density at radius 3 is 2.47 bits per heavy atom. The molecule has 0 bridgehead atoms. The molecule has 0 unspecified atom stereocenters. The molecule has 0 aromatic carbocycles. The van der Waals surface area contributed by atoms with E-state index in [4.69, 9.17) is 0 Å². The summed E-state index contributed by atoms with van der Waals surface area (Å²) in [6.45, 7) is 4.64. The third kappa shape index (κ3) is 1.39. The van der Waals surface area contributed by atoms with Gasteiger partial charge in [0.05, 0.1) is 0 Å². The zero-order valence-corrected chi connectivity index (χ0v) is 10.7. The number of aryl methyl sites for hydroxylation is 2. The molecule has 0 nitrogen and oxygen atoms in total. The first-order valence-corrected chi connectivity index (χ1v) is 7.16. The first-order valence-electron chi connectivity index (χ1n) is 6.34. The second kappa shape index (κ2) is 3.35. The van der Waals surface area contributed by atoms with E-state index < -0.39 is 0 Å². The third-order valence-electron chi connectivity index (χ3n) is 4.49. The Morgan fingerprint density at radius 2 is 1.80 bits per heavy atom. The van der Waals surface area contributed by atoms with Crippen LogP contribution < -0.4 is 0 Å². The van der Waals surface area contributed by atoms with Gasteiger partial charge in [-0.25, -0.2) is 0 Å². The zero-order chi connectivity index (χ0) is 10.5. The average Bonchev–Trinajstić information content (AvgIpc) is 2.88. The standard InChI is InChI=1S/C14H20S/c1-3-13-12-9-14(6-4-5-7-14)8-11(12)10(2)15-13/h3-9H2,1-2H3. The molecule has 1 aromatic heterocycles. The second-order valence-corrected chi connectivity index (χ2v) is 6.76. The lowest BCUT2D eigenvalue weighted by Crippen LogP contribution is -2.16. The zero-order valence-electron chi connectivity index (χ0n) is 9.86. The maximum Gasteiger partial charge on any atom is 0.00803 e. The van der Waals surface area contributed by atoms with Gasteiger partial charge >= 0.3 is 0 Å². The van der Waals surface area contributed by atoms with E-state index in [0.29, 0.717) is 5.41 Å². The van der Waals surface area contributed by atoms with E-state index in [2.05, 4.69) is 25.2 Å². The molecule has 1 heterocycles. The summed E-state index contributed by atoms with van der Waals surface area (Å²) in [5, 5.41) is 0. The Bertz CT molecular complexity index is 380. The maximum absolute atomic E-state index is 2.33. The normalized spacial score (nSPS) is 22.5. The summed E-state index contributed by atoms with van der Waals surface area (Å²) in [7, 11) is 0. The lowest BCUT2D eigenvalue weighted by Gasteiger charge is -2.22. The van der Waals surface area contributed by atoms with Gasteiger partial charge in [0.25, 0.3) is 0 Å². The van der Waals surface area contributed by atoms with Gasteiger partial charge in [-0.05, 0) is 55.6 Å². The van der Waals surface area contributed by atoms with E-state index in [9.17, 15) is 0 Å². The fourth-order valence-corrected chi connectivity index (χ4v) is 4.85. The molecule has 1 fully saturated rings. The Hall–Kier alpha value is -0.300. The van der Waals surface area contributed by atoms with Gasteiger partial charge in [-0.2, -0.15) is 0 Å². The maximum atomic E-state index is 2.33. The largest absolute Gasteiger partial charge is 0.145 e. The van der Waals surface area contributed by atoms with E-state index >= 15 is 0 Å². The quantitative estimate of drug-likeness (QED) is 0.662. The molecule has 0 amide bonds. The summed E-state index contributed by atoms with van der Waals surface area (Å²) in [6.07, 6.45) is 10.0. The summed E-state index contributed by atoms with van der Waals surface area (Å²) in [6, 6.07) is 0. The summed E-state index contributed by atoms with van der Waals surface area (Å²) < 4.78 is 0. The van der Waals surface area contributed by atoms with Crippen LogP contribution in [0.15, 0.2) is 0 Å². The summed E-state index contributed by atoms with van der Waals surface area (Å²) in [5.41, 5.74) is 4.23. The third-order valence-corrected chi connectivity index (χ3v) is 5.83. The monoisotopic (exact) mass is 220 g/mol. The molecular formula is C14H20S. The van der Waals surface area contributed by atoms with Crippen molar-refractivity contribution in [1.29, 1.82) is 0 Å². The van der Waals surface area contributed by atoms with Crippen molar-refractivity contribution in [3.05, 3.63) is 20.9 Å². The van der Waals surface area contributed by atoms with Crippen LogP contribution in [0.3, 0.4) is 0 Å². The van der Waals surface area contributed by atoms with Crippen molar-refractivity contribution in [2.24, 2.45) is 5.41 Å².